The summed E-state index contributed by atoms with van der Waals surface area (Å²) < 4.78 is 66.1. The molecular weight excluding hydrogens is 457 g/mol. The number of oxazole rings is 1. The minimum atomic E-state index is -5.42. The number of rotatable bonds is 7. The highest BCUT2D eigenvalue weighted by molar-refractivity contribution is 7.92. The zero-order valence-corrected chi connectivity index (χ0v) is 17.9. The summed E-state index contributed by atoms with van der Waals surface area (Å²) in [5.41, 5.74) is -3.97. The highest BCUT2D eigenvalue weighted by Gasteiger charge is 2.46. The number of aliphatic hydroxyl groups excluding tert-OH is 1. The van der Waals surface area contributed by atoms with E-state index in [-0.39, 0.29) is 24.5 Å². The molecule has 0 saturated carbocycles. The normalized spacial score (nSPS) is 13.4. The van der Waals surface area contributed by atoms with E-state index in [1.54, 1.807) is 12.3 Å². The van der Waals surface area contributed by atoms with Gasteiger partial charge in [-0.25, -0.2) is 18.4 Å². The number of aromatic nitrogens is 2. The van der Waals surface area contributed by atoms with Gasteiger partial charge in [-0.05, 0) is 31.5 Å². The van der Waals surface area contributed by atoms with Crippen LogP contribution in [0, 0.1) is 6.92 Å². The second-order valence-electron chi connectivity index (χ2n) is 6.75. The highest BCUT2D eigenvalue weighted by Crippen LogP contribution is 2.31. The second kappa shape index (κ2) is 8.52. The number of aliphatic hydroxyl groups is 1. The summed E-state index contributed by atoms with van der Waals surface area (Å²) in [5.74, 6) is 0.313. The standard InChI is InChI=1S/C19H17F3N2O5S2/c1-10-17(29-18(23-10)11(2)25)15-9-30-16(24-15)8-13(26)7-12-3-5-14(6-4-12)31(27,28)19(20,21)22/h3-6,9,11,25H,7-8H2,1-2H3. The first kappa shape index (κ1) is 23.1. The van der Waals surface area contributed by atoms with Gasteiger partial charge in [0.1, 0.15) is 22.6 Å². The van der Waals surface area contributed by atoms with Crippen LogP contribution < -0.4 is 0 Å². The smallest absolute Gasteiger partial charge is 0.436 e. The number of sulfone groups is 1. The van der Waals surface area contributed by atoms with Gasteiger partial charge in [-0.15, -0.1) is 11.3 Å². The number of thiazole rings is 1. The summed E-state index contributed by atoms with van der Waals surface area (Å²) in [6.45, 7) is 3.23. The molecule has 1 N–H and O–H groups in total. The van der Waals surface area contributed by atoms with Gasteiger partial charge >= 0.3 is 5.51 Å². The van der Waals surface area contributed by atoms with Crippen molar-refractivity contribution in [2.75, 3.05) is 0 Å². The molecule has 0 saturated heterocycles. The van der Waals surface area contributed by atoms with E-state index in [4.69, 9.17) is 4.42 Å². The first-order valence-electron chi connectivity index (χ1n) is 8.90. The number of alkyl halides is 3. The zero-order chi connectivity index (χ0) is 23.0. The van der Waals surface area contributed by atoms with Crippen molar-refractivity contribution >= 4 is 27.0 Å². The minimum absolute atomic E-state index is 0.0102. The highest BCUT2D eigenvalue weighted by atomic mass is 32.2. The maximum Gasteiger partial charge on any atom is 0.501 e. The molecule has 0 aliphatic rings. The number of hydrogen-bond donors (Lipinski definition) is 1. The molecule has 3 rings (SSSR count). The molecule has 166 valence electrons. The van der Waals surface area contributed by atoms with Gasteiger partial charge in [-0.3, -0.25) is 4.79 Å². The van der Waals surface area contributed by atoms with Crippen molar-refractivity contribution in [2.24, 2.45) is 0 Å². The Labute approximate surface area is 179 Å². The summed E-state index contributed by atoms with van der Waals surface area (Å²) >= 11 is 1.23. The maximum absolute atomic E-state index is 12.6. The van der Waals surface area contributed by atoms with E-state index in [2.05, 4.69) is 9.97 Å². The van der Waals surface area contributed by atoms with E-state index in [0.717, 1.165) is 12.1 Å². The molecule has 0 aliphatic heterocycles. The van der Waals surface area contributed by atoms with Crippen molar-refractivity contribution in [3.05, 3.63) is 51.8 Å². The topological polar surface area (TPSA) is 110 Å². The van der Waals surface area contributed by atoms with Gasteiger partial charge in [0.05, 0.1) is 17.0 Å². The average molecular weight is 474 g/mol. The molecule has 2 aromatic heterocycles. The number of aryl methyl sites for hydroxylation is 1. The number of carbonyl (C=O) groups is 1. The fourth-order valence-electron chi connectivity index (χ4n) is 2.71. The van der Waals surface area contributed by atoms with E-state index in [9.17, 15) is 31.5 Å². The van der Waals surface area contributed by atoms with Crippen LogP contribution in [0.15, 0.2) is 39.0 Å². The summed E-state index contributed by atoms with van der Waals surface area (Å²) in [6, 6.07) is 4.03. The van der Waals surface area contributed by atoms with Crippen molar-refractivity contribution in [3.8, 4) is 11.5 Å². The van der Waals surface area contributed by atoms with E-state index in [1.165, 1.54) is 30.4 Å². The Kier molecular flexibility index (Phi) is 6.35. The van der Waals surface area contributed by atoms with E-state index < -0.39 is 26.3 Å². The number of ketones is 1. The third-order valence-corrected chi connectivity index (χ3v) is 6.59. The number of hydrogen-bond acceptors (Lipinski definition) is 8. The maximum atomic E-state index is 12.6. The lowest BCUT2D eigenvalue weighted by Gasteiger charge is -2.08. The Morgan fingerprint density at radius 1 is 1.19 bits per heavy atom. The van der Waals surface area contributed by atoms with Gasteiger partial charge in [0.2, 0.25) is 5.89 Å². The predicted molar refractivity (Wildman–Crippen MR) is 105 cm³/mol. The molecule has 12 heteroatoms. The Morgan fingerprint density at radius 3 is 2.39 bits per heavy atom. The molecule has 0 amide bonds. The summed E-state index contributed by atoms with van der Waals surface area (Å²) in [6.07, 6.45) is -0.969. The molecule has 2 heterocycles. The minimum Gasteiger partial charge on any atom is -0.436 e. The lowest BCUT2D eigenvalue weighted by atomic mass is 10.1. The molecule has 0 bridgehead atoms. The van der Waals surface area contributed by atoms with Crippen molar-refractivity contribution in [3.63, 3.8) is 0 Å². The molecule has 31 heavy (non-hydrogen) atoms. The monoisotopic (exact) mass is 474 g/mol. The van der Waals surface area contributed by atoms with Gasteiger partial charge in [-0.2, -0.15) is 13.2 Å². The lowest BCUT2D eigenvalue weighted by molar-refractivity contribution is -0.117. The number of nitrogens with zero attached hydrogens (tertiary/aromatic N) is 2. The Balaban J connectivity index is 1.67. The first-order valence-corrected chi connectivity index (χ1v) is 11.3. The van der Waals surface area contributed by atoms with Crippen molar-refractivity contribution in [2.45, 2.75) is 43.2 Å². The molecule has 0 aliphatic carbocycles. The molecule has 7 nitrogen and oxygen atoms in total. The second-order valence-corrected chi connectivity index (χ2v) is 9.64. The van der Waals surface area contributed by atoms with Crippen LogP contribution in [-0.4, -0.2) is 34.8 Å². The van der Waals surface area contributed by atoms with Crippen molar-refractivity contribution in [1.82, 2.24) is 9.97 Å². The van der Waals surface area contributed by atoms with Crippen LogP contribution in [0.25, 0.3) is 11.5 Å². The molecule has 1 unspecified atom stereocenters. The van der Waals surface area contributed by atoms with E-state index in [0.29, 0.717) is 27.7 Å². The van der Waals surface area contributed by atoms with Crippen LogP contribution in [-0.2, 0) is 27.5 Å². The predicted octanol–water partition coefficient (Wildman–Crippen LogP) is 3.81. The van der Waals surface area contributed by atoms with Crippen LogP contribution in [0.3, 0.4) is 0 Å². The van der Waals surface area contributed by atoms with Crippen molar-refractivity contribution in [1.29, 1.82) is 0 Å². The number of Topliss-reactive ketones (excluding diaryl/α,β-unsaturated/α-hetero) is 1. The average Bonchev–Trinajstić information content (AvgIpc) is 3.27. The number of halogens is 3. The van der Waals surface area contributed by atoms with Gasteiger partial charge in [0.15, 0.2) is 5.76 Å². The summed E-state index contributed by atoms with van der Waals surface area (Å²) in [7, 11) is -5.42. The first-order chi connectivity index (χ1) is 14.4. The van der Waals surface area contributed by atoms with Gasteiger partial charge in [0, 0.05) is 11.8 Å². The molecule has 3 aromatic rings. The van der Waals surface area contributed by atoms with Crippen LogP contribution in [0.1, 0.15) is 35.2 Å². The molecule has 1 aromatic carbocycles. The molecule has 1 atom stereocenters. The SMILES string of the molecule is Cc1nc(C(C)O)oc1-c1csc(CC(=O)Cc2ccc(S(=O)(=O)C(F)(F)F)cc2)n1. The molecule has 0 spiro atoms. The fraction of sp³-hybridized carbons (Fsp3) is 0.316. The van der Waals surface area contributed by atoms with E-state index in [1.807, 2.05) is 0 Å². The van der Waals surface area contributed by atoms with Crippen molar-refractivity contribution < 1.29 is 35.9 Å². The Bertz CT molecular complexity index is 1200. The molecule has 0 radical (unpaired) electrons. The van der Waals surface area contributed by atoms with E-state index >= 15 is 0 Å². The van der Waals surface area contributed by atoms with Gasteiger partial charge < -0.3 is 9.52 Å². The lowest BCUT2D eigenvalue weighted by Crippen LogP contribution is -2.23. The Morgan fingerprint density at radius 2 is 1.84 bits per heavy atom. The van der Waals surface area contributed by atoms with Crippen LogP contribution >= 0.6 is 11.3 Å². The van der Waals surface area contributed by atoms with Crippen LogP contribution in [0.2, 0.25) is 0 Å². The quantitative estimate of drug-likeness (QED) is 0.554. The third kappa shape index (κ3) is 5.02. The van der Waals surface area contributed by atoms with Crippen LogP contribution in [0.4, 0.5) is 13.2 Å². The molecule has 0 fully saturated rings. The largest absolute Gasteiger partial charge is 0.501 e. The zero-order valence-electron chi connectivity index (χ0n) is 16.3. The third-order valence-electron chi connectivity index (χ3n) is 4.24. The fourth-order valence-corrected chi connectivity index (χ4v) is 4.27. The molecular formula is C19H17F3N2O5S2. The Hall–Kier alpha value is -2.57. The van der Waals surface area contributed by atoms with Crippen LogP contribution in [0.5, 0.6) is 0 Å². The van der Waals surface area contributed by atoms with Gasteiger partial charge in [0.25, 0.3) is 9.84 Å². The number of benzene rings is 1. The number of carbonyl (C=O) groups excluding carboxylic acids is 1. The van der Waals surface area contributed by atoms with Gasteiger partial charge in [-0.1, -0.05) is 12.1 Å². The summed E-state index contributed by atoms with van der Waals surface area (Å²) in [4.78, 5) is 19.9. The summed E-state index contributed by atoms with van der Waals surface area (Å²) in [5, 5.41) is 11.8.